The number of fused-ring (bicyclic) bond motifs is 1. The number of pyridine rings is 1. The van der Waals surface area contributed by atoms with Crippen LogP contribution in [0.4, 0.5) is 4.39 Å². The van der Waals surface area contributed by atoms with Gasteiger partial charge in [0.05, 0.1) is 6.10 Å². The van der Waals surface area contributed by atoms with Crippen molar-refractivity contribution in [3.05, 3.63) is 77.9 Å². The molecule has 0 bridgehead atoms. The van der Waals surface area contributed by atoms with E-state index in [1.165, 1.54) is 12.1 Å². The van der Waals surface area contributed by atoms with Gasteiger partial charge in [-0.25, -0.2) is 4.39 Å². The van der Waals surface area contributed by atoms with Crippen LogP contribution in [0, 0.1) is 5.82 Å². The Bertz CT molecular complexity index is 736. The van der Waals surface area contributed by atoms with E-state index in [1.54, 1.807) is 18.5 Å². The molecule has 2 aromatic carbocycles. The van der Waals surface area contributed by atoms with Gasteiger partial charge in [0.2, 0.25) is 0 Å². The number of hydrogen-bond donors (Lipinski definition) is 1. The summed E-state index contributed by atoms with van der Waals surface area (Å²) in [6.07, 6.45) is 3.18. The minimum Gasteiger partial charge on any atom is -0.388 e. The zero-order valence-electron chi connectivity index (χ0n) is 10.8. The quantitative estimate of drug-likeness (QED) is 0.785. The molecule has 0 saturated heterocycles. The zero-order valence-corrected chi connectivity index (χ0v) is 10.8. The summed E-state index contributed by atoms with van der Waals surface area (Å²) in [5, 5.41) is 12.4. The summed E-state index contributed by atoms with van der Waals surface area (Å²) < 4.78 is 13.2. The highest BCUT2D eigenvalue weighted by Crippen LogP contribution is 2.26. The molecule has 1 aromatic heterocycles. The lowest BCUT2D eigenvalue weighted by molar-refractivity contribution is 0.180. The van der Waals surface area contributed by atoms with Crippen LogP contribution in [-0.2, 0) is 6.42 Å². The van der Waals surface area contributed by atoms with Gasteiger partial charge in [-0.05, 0) is 34.7 Å². The Kier molecular flexibility index (Phi) is 3.44. The third-order valence-corrected chi connectivity index (χ3v) is 3.39. The second-order valence-electron chi connectivity index (χ2n) is 4.79. The van der Waals surface area contributed by atoms with Crippen molar-refractivity contribution in [3.8, 4) is 0 Å². The Morgan fingerprint density at radius 3 is 2.80 bits per heavy atom. The van der Waals surface area contributed by atoms with E-state index in [0.717, 1.165) is 21.9 Å². The van der Waals surface area contributed by atoms with Gasteiger partial charge in [0.15, 0.2) is 0 Å². The fraction of sp³-hybridized carbons (Fsp3) is 0.118. The van der Waals surface area contributed by atoms with Crippen LogP contribution in [0.5, 0.6) is 0 Å². The molecular formula is C17H14FNO. The van der Waals surface area contributed by atoms with Crippen molar-refractivity contribution >= 4 is 10.8 Å². The van der Waals surface area contributed by atoms with Gasteiger partial charge >= 0.3 is 0 Å². The van der Waals surface area contributed by atoms with Crippen molar-refractivity contribution in [2.45, 2.75) is 12.5 Å². The largest absolute Gasteiger partial charge is 0.388 e. The number of nitrogens with zero attached hydrogens (tertiary/aromatic N) is 1. The summed E-state index contributed by atoms with van der Waals surface area (Å²) in [6, 6.07) is 14.0. The van der Waals surface area contributed by atoms with Gasteiger partial charge in [-0.2, -0.15) is 0 Å². The molecule has 0 aliphatic carbocycles. The van der Waals surface area contributed by atoms with E-state index in [1.807, 2.05) is 30.3 Å². The summed E-state index contributed by atoms with van der Waals surface area (Å²) in [7, 11) is 0. The second kappa shape index (κ2) is 5.39. The lowest BCUT2D eigenvalue weighted by Gasteiger charge is -2.13. The molecule has 1 atom stereocenters. The minimum absolute atomic E-state index is 0.283. The maximum atomic E-state index is 13.2. The van der Waals surface area contributed by atoms with Gasteiger partial charge in [0, 0.05) is 24.2 Å². The molecule has 3 heteroatoms. The smallest absolute Gasteiger partial charge is 0.123 e. The van der Waals surface area contributed by atoms with E-state index in [9.17, 15) is 9.50 Å². The number of aliphatic hydroxyl groups excluding tert-OH is 1. The molecule has 2 nitrogen and oxygen atoms in total. The lowest BCUT2D eigenvalue weighted by atomic mass is 9.97. The fourth-order valence-corrected chi connectivity index (χ4v) is 2.42. The summed E-state index contributed by atoms with van der Waals surface area (Å²) in [4.78, 5) is 4.11. The highest BCUT2D eigenvalue weighted by Gasteiger charge is 2.12. The van der Waals surface area contributed by atoms with Crippen molar-refractivity contribution in [3.63, 3.8) is 0 Å². The summed E-state index contributed by atoms with van der Waals surface area (Å²) in [5.41, 5.74) is 1.60. The molecular weight excluding hydrogens is 253 g/mol. The highest BCUT2D eigenvalue weighted by molar-refractivity contribution is 5.85. The monoisotopic (exact) mass is 267 g/mol. The summed E-state index contributed by atoms with van der Waals surface area (Å²) in [5.74, 6) is -0.283. The van der Waals surface area contributed by atoms with Crippen LogP contribution in [0.15, 0.2) is 60.9 Å². The average molecular weight is 267 g/mol. The van der Waals surface area contributed by atoms with Crippen LogP contribution >= 0.6 is 0 Å². The first kappa shape index (κ1) is 12.8. The van der Waals surface area contributed by atoms with Crippen LogP contribution in [-0.4, -0.2) is 10.1 Å². The topological polar surface area (TPSA) is 33.1 Å². The number of benzene rings is 2. The van der Waals surface area contributed by atoms with E-state index in [0.29, 0.717) is 6.42 Å². The van der Waals surface area contributed by atoms with Crippen LogP contribution in [0.1, 0.15) is 17.2 Å². The van der Waals surface area contributed by atoms with Crippen LogP contribution in [0.3, 0.4) is 0 Å². The van der Waals surface area contributed by atoms with E-state index < -0.39 is 6.10 Å². The molecule has 3 aromatic rings. The maximum absolute atomic E-state index is 13.2. The molecule has 20 heavy (non-hydrogen) atoms. The first-order valence-electron chi connectivity index (χ1n) is 6.49. The molecule has 0 aliphatic rings. The molecule has 0 saturated carbocycles. The van der Waals surface area contributed by atoms with E-state index >= 15 is 0 Å². The van der Waals surface area contributed by atoms with Crippen molar-refractivity contribution in [2.24, 2.45) is 0 Å². The molecule has 0 spiro atoms. The van der Waals surface area contributed by atoms with Gasteiger partial charge in [0.25, 0.3) is 0 Å². The average Bonchev–Trinajstić information content (AvgIpc) is 2.46. The Labute approximate surface area is 116 Å². The Morgan fingerprint density at radius 1 is 1.10 bits per heavy atom. The van der Waals surface area contributed by atoms with Gasteiger partial charge in [-0.15, -0.1) is 0 Å². The van der Waals surface area contributed by atoms with Gasteiger partial charge in [0.1, 0.15) is 5.82 Å². The summed E-state index contributed by atoms with van der Waals surface area (Å²) in [6.45, 7) is 0. The molecule has 100 valence electrons. The summed E-state index contributed by atoms with van der Waals surface area (Å²) >= 11 is 0. The molecule has 1 heterocycles. The number of hydrogen-bond acceptors (Lipinski definition) is 2. The standard InChI is InChI=1S/C17H14FNO/c18-14-5-1-3-12(9-14)10-17(20)15-6-2-4-13-7-8-19-11-16(13)15/h1-9,11,17,20H,10H2. The van der Waals surface area contributed by atoms with Crippen molar-refractivity contribution in [1.82, 2.24) is 4.98 Å². The number of aromatic nitrogens is 1. The van der Waals surface area contributed by atoms with Crippen molar-refractivity contribution in [1.29, 1.82) is 0 Å². The van der Waals surface area contributed by atoms with Gasteiger partial charge < -0.3 is 5.11 Å². The van der Waals surface area contributed by atoms with Crippen LogP contribution in [0.25, 0.3) is 10.8 Å². The Balaban J connectivity index is 1.94. The van der Waals surface area contributed by atoms with Crippen molar-refractivity contribution in [2.75, 3.05) is 0 Å². The number of aliphatic hydroxyl groups is 1. The molecule has 0 fully saturated rings. The van der Waals surface area contributed by atoms with Gasteiger partial charge in [-0.1, -0.05) is 30.3 Å². The molecule has 3 rings (SSSR count). The van der Waals surface area contributed by atoms with E-state index in [2.05, 4.69) is 4.98 Å². The van der Waals surface area contributed by atoms with Crippen LogP contribution < -0.4 is 0 Å². The Morgan fingerprint density at radius 2 is 1.95 bits per heavy atom. The molecule has 0 radical (unpaired) electrons. The zero-order chi connectivity index (χ0) is 13.9. The van der Waals surface area contributed by atoms with Crippen molar-refractivity contribution < 1.29 is 9.50 Å². The Hall–Kier alpha value is -2.26. The first-order valence-corrected chi connectivity index (χ1v) is 6.49. The SMILES string of the molecule is OC(Cc1cccc(F)c1)c1cccc2ccncc12. The van der Waals surface area contributed by atoms with E-state index in [-0.39, 0.29) is 5.82 Å². The predicted molar refractivity (Wildman–Crippen MR) is 76.8 cm³/mol. The highest BCUT2D eigenvalue weighted by atomic mass is 19.1. The number of halogens is 1. The molecule has 1 unspecified atom stereocenters. The normalized spacial score (nSPS) is 12.5. The second-order valence-corrected chi connectivity index (χ2v) is 4.79. The molecule has 1 N–H and O–H groups in total. The third kappa shape index (κ3) is 2.53. The minimum atomic E-state index is -0.676. The predicted octanol–water partition coefficient (Wildman–Crippen LogP) is 3.65. The van der Waals surface area contributed by atoms with E-state index in [4.69, 9.17) is 0 Å². The first-order chi connectivity index (χ1) is 9.74. The van der Waals surface area contributed by atoms with Gasteiger partial charge in [-0.3, -0.25) is 4.98 Å². The third-order valence-electron chi connectivity index (χ3n) is 3.39. The lowest BCUT2D eigenvalue weighted by Crippen LogP contribution is -2.03. The maximum Gasteiger partial charge on any atom is 0.123 e. The molecule has 0 aliphatic heterocycles. The molecule has 0 amide bonds. The van der Waals surface area contributed by atoms with Crippen LogP contribution in [0.2, 0.25) is 0 Å². The fourth-order valence-electron chi connectivity index (χ4n) is 2.42. The number of rotatable bonds is 3.